The summed E-state index contributed by atoms with van der Waals surface area (Å²) in [4.78, 5) is 79.3. The van der Waals surface area contributed by atoms with E-state index in [1.165, 1.54) is 0 Å². The molecule has 1 aliphatic carbocycles. The van der Waals surface area contributed by atoms with Crippen molar-refractivity contribution in [3.63, 3.8) is 0 Å². The molecule has 7 fully saturated rings. The maximum atomic E-state index is 17.7. The molecular formula is C65H81FN10O9. The van der Waals surface area contributed by atoms with Crippen molar-refractivity contribution in [3.8, 4) is 23.0 Å². The Hall–Kier alpha value is -6.74. The maximum Gasteiger partial charge on any atom is 0.410 e. The van der Waals surface area contributed by atoms with E-state index < -0.39 is 17.5 Å². The minimum Gasteiger partial charge on any atom is -0.468 e. The lowest BCUT2D eigenvalue weighted by Crippen LogP contribution is -2.57. The number of piperidine rings is 4. The summed E-state index contributed by atoms with van der Waals surface area (Å²) in [6.45, 7) is 16.4. The topological polar surface area (TPSA) is 185 Å². The number of imide groups is 1. The molecule has 13 rings (SSSR count). The standard InChI is InChI=1S/C65H81FN10O9/c1-6-40-8-7-9-41-31-49(83-39-81-5)32-51(55(40)41)57-56(66)58-52(33-67-57)59(74-35-45-10-11-46(36-74)76(45)63(80)85-64(2,3)4)70-62(69-58)82-38-65(22-23-65)37-71-24-18-47(19-25-71)84-48-20-28-72(29-21-48)43-16-26-73(27-17-43)44-12-13-50-42(30-44)34-75(61(50)79)53-14-15-54(77)68-60(53)78/h7-9,12-13,30-33,43,45-48,53H,6,10-11,14-29,34-39H2,1-5H3,(H,68,77,78). The molecule has 452 valence electrons. The minimum atomic E-state index is -0.622. The van der Waals surface area contributed by atoms with Gasteiger partial charge in [0.1, 0.15) is 34.4 Å². The highest BCUT2D eigenvalue weighted by Crippen LogP contribution is 2.48. The Kier molecular flexibility index (Phi) is 15.9. The van der Waals surface area contributed by atoms with Gasteiger partial charge < -0.3 is 48.2 Å². The van der Waals surface area contributed by atoms with E-state index in [1.54, 1.807) is 18.2 Å². The molecule has 1 saturated carbocycles. The van der Waals surface area contributed by atoms with Gasteiger partial charge in [0.25, 0.3) is 5.91 Å². The van der Waals surface area contributed by atoms with Gasteiger partial charge in [0.15, 0.2) is 12.6 Å². The number of aromatic nitrogens is 3. The highest BCUT2D eigenvalue weighted by atomic mass is 19.1. The van der Waals surface area contributed by atoms with Gasteiger partial charge in [-0.15, -0.1) is 0 Å². The number of likely N-dealkylation sites (tertiary alicyclic amines) is 2. The van der Waals surface area contributed by atoms with Gasteiger partial charge in [0.05, 0.1) is 36.3 Å². The number of fused-ring (bicyclic) bond motifs is 5. The predicted molar refractivity (Wildman–Crippen MR) is 319 cm³/mol. The van der Waals surface area contributed by atoms with Crippen LogP contribution in [0.4, 0.5) is 20.7 Å². The first-order valence-corrected chi connectivity index (χ1v) is 31.2. The van der Waals surface area contributed by atoms with Crippen molar-refractivity contribution in [1.82, 2.24) is 39.9 Å². The van der Waals surface area contributed by atoms with Crippen LogP contribution >= 0.6 is 0 Å². The van der Waals surface area contributed by atoms with Gasteiger partial charge in [-0.2, -0.15) is 9.97 Å². The Balaban J connectivity index is 0.629. The molecule has 19 nitrogen and oxygen atoms in total. The second-order valence-electron chi connectivity index (χ2n) is 26.2. The summed E-state index contributed by atoms with van der Waals surface area (Å²) in [7, 11) is 1.57. The number of hydrogen-bond donors (Lipinski definition) is 1. The minimum absolute atomic E-state index is 0.0379. The Morgan fingerprint density at radius 2 is 1.55 bits per heavy atom. The second kappa shape index (κ2) is 23.5. The van der Waals surface area contributed by atoms with Crippen molar-refractivity contribution in [2.45, 2.75) is 160 Å². The van der Waals surface area contributed by atoms with E-state index in [9.17, 15) is 19.2 Å². The number of carbonyl (C=O) groups is 4. The Bertz CT molecular complexity index is 3350. The van der Waals surface area contributed by atoms with Crippen LogP contribution < -0.4 is 24.6 Å². The lowest BCUT2D eigenvalue weighted by atomic mass is 9.95. The van der Waals surface area contributed by atoms with Gasteiger partial charge in [-0.25, -0.2) is 9.18 Å². The summed E-state index contributed by atoms with van der Waals surface area (Å²) in [6, 6.07) is 15.8. The Morgan fingerprint density at radius 3 is 2.25 bits per heavy atom. The number of ether oxygens (including phenoxy) is 5. The predicted octanol–water partition coefficient (Wildman–Crippen LogP) is 8.65. The van der Waals surface area contributed by atoms with Crippen LogP contribution in [-0.4, -0.2) is 180 Å². The normalized spacial score (nSPS) is 23.5. The van der Waals surface area contributed by atoms with E-state index in [0.29, 0.717) is 66.8 Å². The van der Waals surface area contributed by atoms with Gasteiger partial charge in [-0.05, 0) is 150 Å². The van der Waals surface area contributed by atoms with Crippen LogP contribution in [0.25, 0.3) is 32.9 Å². The number of pyridine rings is 1. The van der Waals surface area contributed by atoms with Crippen LogP contribution in [0.2, 0.25) is 0 Å². The van der Waals surface area contributed by atoms with Crippen LogP contribution in [0.5, 0.6) is 11.8 Å². The molecule has 2 aromatic heterocycles. The number of aryl methyl sites for hydroxylation is 1. The third-order valence-corrected chi connectivity index (χ3v) is 19.3. The Morgan fingerprint density at radius 1 is 0.812 bits per heavy atom. The summed E-state index contributed by atoms with van der Waals surface area (Å²) >= 11 is 0. The van der Waals surface area contributed by atoms with Crippen LogP contribution in [0.15, 0.2) is 54.7 Å². The van der Waals surface area contributed by atoms with E-state index in [-0.39, 0.29) is 84.0 Å². The number of nitrogens with one attached hydrogen (secondary N) is 1. The lowest BCUT2D eigenvalue weighted by molar-refractivity contribution is -0.136. The third-order valence-electron chi connectivity index (χ3n) is 19.3. The molecule has 7 aliphatic heterocycles. The largest absolute Gasteiger partial charge is 0.468 e. The number of methoxy groups -OCH3 is 1. The van der Waals surface area contributed by atoms with Crippen molar-refractivity contribution in [3.05, 3.63) is 77.2 Å². The van der Waals surface area contributed by atoms with Gasteiger partial charge in [-0.1, -0.05) is 25.1 Å². The molecule has 9 heterocycles. The lowest BCUT2D eigenvalue weighted by Gasteiger charge is -2.43. The summed E-state index contributed by atoms with van der Waals surface area (Å²) in [6.07, 6.45) is 13.2. The molecule has 8 aliphatic rings. The molecule has 0 spiro atoms. The van der Waals surface area contributed by atoms with Crippen molar-refractivity contribution in [1.29, 1.82) is 0 Å². The highest BCUT2D eigenvalue weighted by molar-refractivity contribution is 6.06. The summed E-state index contributed by atoms with van der Waals surface area (Å²) < 4.78 is 48.3. The fourth-order valence-corrected chi connectivity index (χ4v) is 14.7. The van der Waals surface area contributed by atoms with E-state index in [0.717, 1.165) is 144 Å². The van der Waals surface area contributed by atoms with Gasteiger partial charge in [0.2, 0.25) is 11.8 Å². The number of benzene rings is 3. The molecule has 20 heteroatoms. The van der Waals surface area contributed by atoms with E-state index >= 15 is 4.39 Å². The number of nitrogens with zero attached hydrogens (tertiary/aromatic N) is 9. The molecule has 5 aromatic rings. The maximum absolute atomic E-state index is 17.7. The monoisotopic (exact) mass is 1160 g/mol. The van der Waals surface area contributed by atoms with Crippen LogP contribution in [0.3, 0.4) is 0 Å². The Labute approximate surface area is 496 Å². The molecule has 1 N–H and O–H groups in total. The van der Waals surface area contributed by atoms with Gasteiger partial charge in [0, 0.05) is 113 Å². The zero-order valence-electron chi connectivity index (χ0n) is 49.9. The SMILES string of the molecule is CCc1cccc2cc(OCOC)cc(-c3ncc4c(N5CC6CCC(C5)N6C(=O)OC(C)(C)C)nc(OCC5(CN6CCC(OC7CCN(C8CCN(c9ccc%10c(c9)CN(C9CCC(=O)NC9=O)C%10=O)CC8)CC7)CC6)CC5)nc4c3F)c12. The van der Waals surface area contributed by atoms with Crippen LogP contribution in [-0.2, 0) is 36.8 Å². The molecule has 3 unspecified atom stereocenters. The average molecular weight is 1170 g/mol. The molecule has 3 atom stereocenters. The first-order valence-electron chi connectivity index (χ1n) is 31.2. The van der Waals surface area contributed by atoms with E-state index in [4.69, 9.17) is 38.6 Å². The van der Waals surface area contributed by atoms with Crippen LogP contribution in [0, 0.1) is 11.2 Å². The summed E-state index contributed by atoms with van der Waals surface area (Å²) in [5.74, 6) is -0.280. The molecular weight excluding hydrogens is 1080 g/mol. The third kappa shape index (κ3) is 11.8. The van der Waals surface area contributed by atoms with Crippen molar-refractivity contribution >= 4 is 57.0 Å². The van der Waals surface area contributed by atoms with E-state index in [1.807, 2.05) is 62.1 Å². The number of amides is 4. The zero-order valence-corrected chi connectivity index (χ0v) is 49.9. The molecule has 0 radical (unpaired) electrons. The van der Waals surface area contributed by atoms with Crippen molar-refractivity contribution in [2.24, 2.45) is 5.41 Å². The van der Waals surface area contributed by atoms with Crippen molar-refractivity contribution < 1.29 is 47.3 Å². The number of hydrogen-bond acceptors (Lipinski definition) is 16. The number of anilines is 2. The van der Waals surface area contributed by atoms with Gasteiger partial charge in [-0.3, -0.25) is 29.6 Å². The summed E-state index contributed by atoms with van der Waals surface area (Å²) in [5, 5.41) is 4.69. The number of rotatable bonds is 16. The number of piperazine rings is 1. The summed E-state index contributed by atoms with van der Waals surface area (Å²) in [5.41, 5.74) is 3.99. The average Bonchev–Trinajstić information content (AvgIpc) is 1.97. The highest BCUT2D eigenvalue weighted by Gasteiger charge is 2.48. The first kappa shape index (κ1) is 57.3. The van der Waals surface area contributed by atoms with Crippen LogP contribution in [0.1, 0.15) is 126 Å². The molecule has 6 saturated heterocycles. The first-order chi connectivity index (χ1) is 41.1. The smallest absolute Gasteiger partial charge is 0.410 e. The number of carbonyl (C=O) groups excluding carboxylic acids is 4. The molecule has 85 heavy (non-hydrogen) atoms. The molecule has 2 bridgehead atoms. The molecule has 3 aromatic carbocycles. The quantitative estimate of drug-likeness (QED) is 0.0731. The second-order valence-corrected chi connectivity index (χ2v) is 26.2. The fourth-order valence-electron chi connectivity index (χ4n) is 14.7. The fraction of sp³-hybridized carbons (Fsp3) is 0.585. The van der Waals surface area contributed by atoms with Gasteiger partial charge >= 0.3 is 12.1 Å². The van der Waals surface area contributed by atoms with E-state index in [2.05, 4.69) is 44.0 Å². The van der Waals surface area contributed by atoms with Crippen molar-refractivity contribution in [2.75, 3.05) is 89.2 Å². The molecule has 4 amide bonds. The number of halogens is 1. The zero-order chi connectivity index (χ0) is 58.7.